The summed E-state index contributed by atoms with van der Waals surface area (Å²) in [5.74, 6) is -5.36. The summed E-state index contributed by atoms with van der Waals surface area (Å²) in [5, 5.41) is 2.20. The van der Waals surface area contributed by atoms with Crippen LogP contribution in [-0.4, -0.2) is 36.3 Å². The molecule has 0 unspecified atom stereocenters. The molecule has 5 nitrogen and oxygen atoms in total. The monoisotopic (exact) mass is 371 g/mol. The Labute approximate surface area is 150 Å². The second kappa shape index (κ2) is 9.02. The van der Waals surface area contributed by atoms with Gasteiger partial charge in [0, 0.05) is 12.5 Å². The summed E-state index contributed by atoms with van der Waals surface area (Å²) in [7, 11) is 0. The van der Waals surface area contributed by atoms with Crippen molar-refractivity contribution >= 4 is 17.5 Å². The van der Waals surface area contributed by atoms with Gasteiger partial charge < -0.3 is 16.0 Å². The summed E-state index contributed by atoms with van der Waals surface area (Å²) in [5.41, 5.74) is 5.26. The fourth-order valence-electron chi connectivity index (χ4n) is 3.40. The van der Waals surface area contributed by atoms with Crippen molar-refractivity contribution in [3.05, 3.63) is 29.6 Å². The lowest BCUT2D eigenvalue weighted by Crippen LogP contribution is -2.43. The van der Waals surface area contributed by atoms with Crippen molar-refractivity contribution < 1.29 is 22.8 Å². The number of hydrogen-bond acceptors (Lipinski definition) is 3. The van der Waals surface area contributed by atoms with Gasteiger partial charge in [0.2, 0.25) is 11.8 Å². The van der Waals surface area contributed by atoms with E-state index in [0.717, 1.165) is 31.4 Å². The maximum atomic E-state index is 13.7. The van der Waals surface area contributed by atoms with E-state index in [9.17, 15) is 22.8 Å². The Balaban J connectivity index is 2.06. The number of anilines is 1. The van der Waals surface area contributed by atoms with Crippen molar-refractivity contribution in [1.82, 2.24) is 4.90 Å². The maximum Gasteiger partial charge on any atom is 0.244 e. The molecule has 2 amide bonds. The van der Waals surface area contributed by atoms with Gasteiger partial charge in [0.05, 0.1) is 12.2 Å². The number of nitrogens with one attached hydrogen (secondary N) is 1. The Bertz CT molecular complexity index is 669. The van der Waals surface area contributed by atoms with Crippen molar-refractivity contribution in [2.24, 2.45) is 17.6 Å². The third-order valence-electron chi connectivity index (χ3n) is 4.73. The predicted octanol–water partition coefficient (Wildman–Crippen LogP) is 2.66. The SMILES string of the molecule is CCCN(CC(=O)Nc1ccc(F)c(F)c1F)C(=O)[C@@H]1CCC[C@@H]1CN. The number of carbonyl (C=O) groups is 2. The van der Waals surface area contributed by atoms with Crippen LogP contribution in [0.3, 0.4) is 0 Å². The summed E-state index contributed by atoms with van der Waals surface area (Å²) in [6.07, 6.45) is 3.20. The lowest BCUT2D eigenvalue weighted by molar-refractivity contribution is -0.139. The van der Waals surface area contributed by atoms with Gasteiger partial charge in [-0.1, -0.05) is 13.3 Å². The molecule has 0 radical (unpaired) electrons. The Morgan fingerprint density at radius 1 is 1.23 bits per heavy atom. The van der Waals surface area contributed by atoms with Gasteiger partial charge in [-0.3, -0.25) is 9.59 Å². The van der Waals surface area contributed by atoms with Crippen LogP contribution in [0.1, 0.15) is 32.6 Å². The maximum absolute atomic E-state index is 13.7. The first-order valence-corrected chi connectivity index (χ1v) is 8.81. The van der Waals surface area contributed by atoms with Crippen molar-refractivity contribution in [3.8, 4) is 0 Å². The zero-order valence-corrected chi connectivity index (χ0v) is 14.7. The molecule has 1 aliphatic carbocycles. The standard InChI is InChI=1S/C18H24F3N3O2/c1-2-8-24(18(26)12-5-3-4-11(12)9-22)10-15(25)23-14-7-6-13(19)16(20)17(14)21/h6-7,11-12H,2-5,8-10,22H2,1H3,(H,23,25)/t11-,12-/m1/s1. The second-order valence-electron chi connectivity index (χ2n) is 6.56. The zero-order valence-electron chi connectivity index (χ0n) is 14.7. The van der Waals surface area contributed by atoms with Crippen LogP contribution < -0.4 is 11.1 Å². The summed E-state index contributed by atoms with van der Waals surface area (Å²) in [6.45, 7) is 2.39. The smallest absolute Gasteiger partial charge is 0.244 e. The molecule has 1 aromatic carbocycles. The van der Waals surface area contributed by atoms with Gasteiger partial charge in [0.25, 0.3) is 0 Å². The zero-order chi connectivity index (χ0) is 19.3. The van der Waals surface area contributed by atoms with Crippen LogP contribution >= 0.6 is 0 Å². The number of nitrogens with zero attached hydrogens (tertiary/aromatic N) is 1. The molecule has 8 heteroatoms. The molecule has 144 valence electrons. The van der Waals surface area contributed by atoms with Crippen LogP contribution in [0.25, 0.3) is 0 Å². The average Bonchev–Trinajstić information content (AvgIpc) is 3.10. The summed E-state index contributed by atoms with van der Waals surface area (Å²) < 4.78 is 39.9. The molecule has 0 aromatic heterocycles. The third-order valence-corrected chi connectivity index (χ3v) is 4.73. The quantitative estimate of drug-likeness (QED) is 0.724. The van der Waals surface area contributed by atoms with E-state index in [1.807, 2.05) is 6.92 Å². The Kier molecular flexibility index (Phi) is 7.02. The predicted molar refractivity (Wildman–Crippen MR) is 91.7 cm³/mol. The molecular formula is C18H24F3N3O2. The van der Waals surface area contributed by atoms with Crippen molar-refractivity contribution in [1.29, 1.82) is 0 Å². The van der Waals surface area contributed by atoms with Gasteiger partial charge in [-0.15, -0.1) is 0 Å². The van der Waals surface area contributed by atoms with E-state index in [4.69, 9.17) is 5.73 Å². The minimum absolute atomic E-state index is 0.105. The number of amides is 2. The van der Waals surface area contributed by atoms with E-state index in [0.29, 0.717) is 19.5 Å². The van der Waals surface area contributed by atoms with Gasteiger partial charge in [0.15, 0.2) is 17.5 Å². The molecular weight excluding hydrogens is 347 g/mol. The van der Waals surface area contributed by atoms with Crippen molar-refractivity contribution in [3.63, 3.8) is 0 Å². The molecule has 0 bridgehead atoms. The van der Waals surface area contributed by atoms with Crippen molar-refractivity contribution in [2.45, 2.75) is 32.6 Å². The largest absolute Gasteiger partial charge is 0.333 e. The van der Waals surface area contributed by atoms with Crippen LogP contribution in [-0.2, 0) is 9.59 Å². The van der Waals surface area contributed by atoms with E-state index in [2.05, 4.69) is 5.32 Å². The van der Waals surface area contributed by atoms with Crippen LogP contribution in [0.2, 0.25) is 0 Å². The van der Waals surface area contributed by atoms with Gasteiger partial charge in [-0.25, -0.2) is 13.2 Å². The summed E-state index contributed by atoms with van der Waals surface area (Å²) in [4.78, 5) is 26.4. The molecule has 1 fully saturated rings. The fraction of sp³-hybridized carbons (Fsp3) is 0.556. The molecule has 0 saturated heterocycles. The molecule has 1 aromatic rings. The average molecular weight is 371 g/mol. The highest BCUT2D eigenvalue weighted by Gasteiger charge is 2.35. The molecule has 2 atom stereocenters. The van der Waals surface area contributed by atoms with Gasteiger partial charge in [-0.2, -0.15) is 0 Å². The van der Waals surface area contributed by atoms with Crippen LogP contribution in [0, 0.1) is 29.3 Å². The van der Waals surface area contributed by atoms with Crippen LogP contribution in [0.4, 0.5) is 18.9 Å². The van der Waals surface area contributed by atoms with Crippen molar-refractivity contribution in [2.75, 3.05) is 25.0 Å². The fourth-order valence-corrected chi connectivity index (χ4v) is 3.40. The Morgan fingerprint density at radius 2 is 1.96 bits per heavy atom. The molecule has 2 rings (SSSR count). The topological polar surface area (TPSA) is 75.4 Å². The number of nitrogens with two attached hydrogens (primary N) is 1. The molecule has 1 aliphatic rings. The first-order valence-electron chi connectivity index (χ1n) is 8.81. The normalized spacial score (nSPS) is 19.4. The molecule has 26 heavy (non-hydrogen) atoms. The number of halogens is 3. The number of hydrogen-bond donors (Lipinski definition) is 2. The number of rotatable bonds is 7. The highest BCUT2D eigenvalue weighted by atomic mass is 19.2. The second-order valence-corrected chi connectivity index (χ2v) is 6.56. The molecule has 0 spiro atoms. The van der Waals surface area contributed by atoms with Gasteiger partial charge in [0.1, 0.15) is 0 Å². The molecule has 3 N–H and O–H groups in total. The van der Waals surface area contributed by atoms with E-state index in [1.165, 1.54) is 4.90 Å². The highest BCUT2D eigenvalue weighted by Crippen LogP contribution is 2.32. The van der Waals surface area contributed by atoms with E-state index in [-0.39, 0.29) is 24.3 Å². The first kappa shape index (κ1) is 20.2. The number of benzene rings is 1. The molecule has 1 saturated carbocycles. The molecule has 0 aliphatic heterocycles. The lowest BCUT2D eigenvalue weighted by Gasteiger charge is -2.27. The number of carbonyl (C=O) groups excluding carboxylic acids is 2. The van der Waals surface area contributed by atoms with Crippen LogP contribution in [0.5, 0.6) is 0 Å². The minimum atomic E-state index is -1.65. The van der Waals surface area contributed by atoms with Crippen LogP contribution in [0.15, 0.2) is 12.1 Å². The Morgan fingerprint density at radius 3 is 2.62 bits per heavy atom. The van der Waals surface area contributed by atoms with Gasteiger partial charge >= 0.3 is 0 Å². The lowest BCUT2D eigenvalue weighted by atomic mass is 9.94. The Hall–Kier alpha value is -2.09. The third kappa shape index (κ3) is 4.55. The van der Waals surface area contributed by atoms with E-state index in [1.54, 1.807) is 0 Å². The van der Waals surface area contributed by atoms with Gasteiger partial charge in [-0.05, 0) is 43.9 Å². The highest BCUT2D eigenvalue weighted by molar-refractivity contribution is 5.95. The summed E-state index contributed by atoms with van der Waals surface area (Å²) in [6, 6.07) is 1.67. The minimum Gasteiger partial charge on any atom is -0.333 e. The van der Waals surface area contributed by atoms with E-state index >= 15 is 0 Å². The van der Waals surface area contributed by atoms with E-state index < -0.39 is 29.0 Å². The molecule has 0 heterocycles. The first-order chi connectivity index (χ1) is 12.4. The summed E-state index contributed by atoms with van der Waals surface area (Å²) >= 11 is 0.